The van der Waals surface area contributed by atoms with Crippen LogP contribution >= 0.6 is 0 Å². The summed E-state index contributed by atoms with van der Waals surface area (Å²) in [6, 6.07) is -0.0183. The molecule has 0 aromatic rings. The van der Waals surface area contributed by atoms with Crippen LogP contribution in [0.5, 0.6) is 0 Å². The van der Waals surface area contributed by atoms with Gasteiger partial charge >= 0.3 is 0 Å². The third-order valence-electron chi connectivity index (χ3n) is 3.80. The van der Waals surface area contributed by atoms with Crippen LogP contribution in [0.15, 0.2) is 12.7 Å². The molecule has 0 aromatic carbocycles. The largest absolute Gasteiger partial charge is 0.351 e. The zero-order valence-corrected chi connectivity index (χ0v) is 11.7. The molecule has 4 nitrogen and oxygen atoms in total. The van der Waals surface area contributed by atoms with Crippen molar-refractivity contribution in [3.63, 3.8) is 0 Å². The summed E-state index contributed by atoms with van der Waals surface area (Å²) in [5.74, 6) is 0.931. The van der Waals surface area contributed by atoms with Crippen molar-refractivity contribution >= 4 is 5.91 Å². The molecular formula is C14H27N3O. The quantitative estimate of drug-likeness (QED) is 0.665. The minimum absolute atomic E-state index is 0.0183. The number of likely N-dealkylation sites (tertiary alicyclic amines) is 1. The number of amides is 1. The van der Waals surface area contributed by atoms with Crippen LogP contribution in [0, 0.1) is 5.92 Å². The van der Waals surface area contributed by atoms with E-state index in [0.29, 0.717) is 6.54 Å². The summed E-state index contributed by atoms with van der Waals surface area (Å²) in [4.78, 5) is 14.1. The van der Waals surface area contributed by atoms with Crippen molar-refractivity contribution in [2.75, 3.05) is 33.2 Å². The Balaban J connectivity index is 2.28. The van der Waals surface area contributed by atoms with Crippen LogP contribution in [0.1, 0.15) is 26.2 Å². The molecule has 18 heavy (non-hydrogen) atoms. The highest BCUT2D eigenvalue weighted by Gasteiger charge is 2.25. The number of nitrogens with zero attached hydrogens (tertiary/aromatic N) is 1. The number of piperidine rings is 1. The van der Waals surface area contributed by atoms with Gasteiger partial charge in [-0.15, -0.1) is 6.58 Å². The van der Waals surface area contributed by atoms with Crippen LogP contribution in [-0.2, 0) is 4.79 Å². The molecule has 1 heterocycles. The summed E-state index contributed by atoms with van der Waals surface area (Å²) >= 11 is 0. The van der Waals surface area contributed by atoms with Crippen LogP contribution in [0.25, 0.3) is 0 Å². The van der Waals surface area contributed by atoms with Crippen molar-refractivity contribution < 1.29 is 4.79 Å². The van der Waals surface area contributed by atoms with E-state index < -0.39 is 0 Å². The van der Waals surface area contributed by atoms with E-state index in [1.165, 1.54) is 19.3 Å². The molecule has 2 N–H and O–H groups in total. The Morgan fingerprint density at radius 3 is 2.72 bits per heavy atom. The minimum atomic E-state index is -0.0183. The lowest BCUT2D eigenvalue weighted by Crippen LogP contribution is -2.48. The van der Waals surface area contributed by atoms with Crippen molar-refractivity contribution in [3.05, 3.63) is 12.7 Å². The molecule has 1 rings (SSSR count). The van der Waals surface area contributed by atoms with Gasteiger partial charge in [0.2, 0.25) is 5.91 Å². The molecule has 1 amide bonds. The molecule has 1 aliphatic rings. The molecule has 4 heteroatoms. The maximum Gasteiger partial charge on any atom is 0.237 e. The van der Waals surface area contributed by atoms with Crippen LogP contribution in [-0.4, -0.2) is 50.1 Å². The number of carbonyl (C=O) groups is 1. The predicted molar refractivity (Wildman–Crippen MR) is 75.5 cm³/mol. The van der Waals surface area contributed by atoms with Gasteiger partial charge in [-0.3, -0.25) is 9.69 Å². The Morgan fingerprint density at radius 1 is 1.50 bits per heavy atom. The fourth-order valence-electron chi connectivity index (χ4n) is 2.46. The average molecular weight is 253 g/mol. The smallest absolute Gasteiger partial charge is 0.237 e. The third kappa shape index (κ3) is 4.78. The molecule has 0 radical (unpaired) electrons. The van der Waals surface area contributed by atoms with Crippen molar-refractivity contribution in [2.24, 2.45) is 5.92 Å². The lowest BCUT2D eigenvalue weighted by atomic mass is 9.93. The van der Waals surface area contributed by atoms with Gasteiger partial charge in [-0.25, -0.2) is 0 Å². The van der Waals surface area contributed by atoms with Gasteiger partial charge in [0.05, 0.1) is 6.04 Å². The molecule has 1 aliphatic heterocycles. The van der Waals surface area contributed by atoms with Crippen LogP contribution < -0.4 is 10.6 Å². The normalized spacial score (nSPS) is 19.4. The summed E-state index contributed by atoms with van der Waals surface area (Å²) in [7, 11) is 2.00. The van der Waals surface area contributed by atoms with Gasteiger partial charge in [0, 0.05) is 6.54 Å². The van der Waals surface area contributed by atoms with E-state index in [4.69, 9.17) is 0 Å². The Labute approximate surface area is 111 Å². The number of nitrogens with one attached hydrogen (secondary N) is 2. The van der Waals surface area contributed by atoms with Gasteiger partial charge in [0.25, 0.3) is 0 Å². The Morgan fingerprint density at radius 2 is 2.17 bits per heavy atom. The van der Waals surface area contributed by atoms with Crippen LogP contribution in [0.4, 0.5) is 0 Å². The maximum absolute atomic E-state index is 11.8. The first-order valence-electron chi connectivity index (χ1n) is 6.96. The summed E-state index contributed by atoms with van der Waals surface area (Å²) in [6.07, 6.45) is 5.39. The van der Waals surface area contributed by atoms with Gasteiger partial charge in [0.15, 0.2) is 0 Å². The number of rotatable bonds is 7. The van der Waals surface area contributed by atoms with Crippen molar-refractivity contribution in [1.82, 2.24) is 15.5 Å². The van der Waals surface area contributed by atoms with Crippen molar-refractivity contribution in [1.29, 1.82) is 0 Å². The van der Waals surface area contributed by atoms with Crippen LogP contribution in [0.2, 0.25) is 0 Å². The van der Waals surface area contributed by atoms with Crippen molar-refractivity contribution in [2.45, 2.75) is 32.2 Å². The van der Waals surface area contributed by atoms with E-state index in [-0.39, 0.29) is 11.9 Å². The molecule has 0 aromatic heterocycles. The fourth-order valence-corrected chi connectivity index (χ4v) is 2.46. The molecule has 1 fully saturated rings. The topological polar surface area (TPSA) is 44.4 Å². The standard InChI is InChI=1S/C14H27N3O/c1-4-8-16-14(18)12(2)17-10-6-13(7-11-17)5-9-15-3/h4,12-13,15H,1,5-11H2,2-3H3,(H,16,18). The first-order valence-corrected chi connectivity index (χ1v) is 6.96. The Kier molecular flexibility index (Phi) is 6.98. The third-order valence-corrected chi connectivity index (χ3v) is 3.80. The lowest BCUT2D eigenvalue weighted by Gasteiger charge is -2.35. The summed E-state index contributed by atoms with van der Waals surface area (Å²) < 4.78 is 0. The highest BCUT2D eigenvalue weighted by atomic mass is 16.2. The second kappa shape index (κ2) is 8.27. The van der Waals surface area contributed by atoms with Crippen molar-refractivity contribution in [3.8, 4) is 0 Å². The first kappa shape index (κ1) is 15.2. The highest BCUT2D eigenvalue weighted by Crippen LogP contribution is 2.21. The summed E-state index contributed by atoms with van der Waals surface area (Å²) in [6.45, 7) is 9.33. The van der Waals surface area contributed by atoms with E-state index in [9.17, 15) is 4.79 Å². The zero-order chi connectivity index (χ0) is 13.4. The van der Waals surface area contributed by atoms with Gasteiger partial charge in [-0.2, -0.15) is 0 Å². The van der Waals surface area contributed by atoms with Gasteiger partial charge in [0.1, 0.15) is 0 Å². The molecule has 0 saturated carbocycles. The van der Waals surface area contributed by atoms with Gasteiger partial charge in [-0.1, -0.05) is 6.08 Å². The second-order valence-corrected chi connectivity index (χ2v) is 5.08. The van der Waals surface area contributed by atoms with E-state index in [2.05, 4.69) is 22.1 Å². The summed E-state index contributed by atoms with van der Waals surface area (Å²) in [5, 5.41) is 6.07. The number of hydrogen-bond acceptors (Lipinski definition) is 3. The zero-order valence-electron chi connectivity index (χ0n) is 11.7. The second-order valence-electron chi connectivity index (χ2n) is 5.08. The fraction of sp³-hybridized carbons (Fsp3) is 0.786. The average Bonchev–Trinajstić information content (AvgIpc) is 2.42. The Bertz CT molecular complexity index is 260. The Hall–Kier alpha value is -0.870. The first-order chi connectivity index (χ1) is 8.69. The molecular weight excluding hydrogens is 226 g/mol. The molecule has 104 valence electrons. The van der Waals surface area contributed by atoms with E-state index in [1.54, 1.807) is 6.08 Å². The monoisotopic (exact) mass is 253 g/mol. The van der Waals surface area contributed by atoms with E-state index in [1.807, 2.05) is 14.0 Å². The highest BCUT2D eigenvalue weighted by molar-refractivity contribution is 5.81. The molecule has 1 unspecified atom stereocenters. The molecule has 0 aliphatic carbocycles. The summed E-state index contributed by atoms with van der Waals surface area (Å²) in [5.41, 5.74) is 0. The molecule has 1 saturated heterocycles. The van der Waals surface area contributed by atoms with Gasteiger partial charge in [-0.05, 0) is 58.8 Å². The minimum Gasteiger partial charge on any atom is -0.351 e. The molecule has 0 bridgehead atoms. The van der Waals surface area contributed by atoms with Gasteiger partial charge < -0.3 is 10.6 Å². The predicted octanol–water partition coefficient (Wildman–Crippen LogP) is 0.999. The maximum atomic E-state index is 11.8. The molecule has 0 spiro atoms. The van der Waals surface area contributed by atoms with E-state index >= 15 is 0 Å². The van der Waals surface area contributed by atoms with Crippen LogP contribution in [0.3, 0.4) is 0 Å². The number of hydrogen-bond donors (Lipinski definition) is 2. The lowest BCUT2D eigenvalue weighted by molar-refractivity contribution is -0.126. The SMILES string of the molecule is C=CCNC(=O)C(C)N1CCC(CCNC)CC1. The molecule has 1 atom stereocenters. The number of carbonyl (C=O) groups excluding carboxylic acids is 1. The van der Waals surface area contributed by atoms with E-state index in [0.717, 1.165) is 25.6 Å².